The Morgan fingerprint density at radius 3 is 1.79 bits per heavy atom. The number of nitro benzene ring substituents is 2. The molecule has 0 aliphatic heterocycles. The van der Waals surface area contributed by atoms with Crippen LogP contribution in [0.2, 0.25) is 0 Å². The smallest absolute Gasteiger partial charge is 0.271 e. The van der Waals surface area contributed by atoms with Gasteiger partial charge in [0.2, 0.25) is 5.95 Å². The first-order valence-electron chi connectivity index (χ1n) is 19.5. The van der Waals surface area contributed by atoms with Crippen molar-refractivity contribution in [2.24, 2.45) is 0 Å². The van der Waals surface area contributed by atoms with Gasteiger partial charge in [0.05, 0.1) is 36.4 Å². The van der Waals surface area contributed by atoms with Gasteiger partial charge in [-0.15, -0.1) is 0 Å². The highest BCUT2D eigenvalue weighted by Gasteiger charge is 2.26. The maximum absolute atomic E-state index is 13.6. The molecule has 63 heavy (non-hydrogen) atoms. The summed E-state index contributed by atoms with van der Waals surface area (Å²) in [6.07, 6.45) is 0.00825. The van der Waals surface area contributed by atoms with Gasteiger partial charge < -0.3 is 5.32 Å². The van der Waals surface area contributed by atoms with Crippen molar-refractivity contribution in [1.82, 2.24) is 8.96 Å². The normalized spacial score (nSPS) is 11.4. The van der Waals surface area contributed by atoms with Crippen LogP contribution in [0.15, 0.2) is 131 Å². The lowest BCUT2D eigenvalue weighted by atomic mass is 9.98. The topological polar surface area (TPSA) is 214 Å². The molecule has 0 radical (unpaired) electrons. The summed E-state index contributed by atoms with van der Waals surface area (Å²) in [4.78, 5) is 38.6. The van der Waals surface area contributed by atoms with Gasteiger partial charge in [-0.3, -0.25) is 29.7 Å². The van der Waals surface area contributed by atoms with Crippen molar-refractivity contribution in [3.05, 3.63) is 186 Å². The summed E-state index contributed by atoms with van der Waals surface area (Å²) in [7, 11) is -7.82. The standard InChI is InChI=1S/C24H24N2O5S.C22H20N4O4S/c1-16-7-9-23(10-8-16)32(30,31)25-24-12-18(3)17(2)11-20(24)15-22(27)14-19-5-4-6-21(13-19)26(28)29;1-14-7-9-19(10-8-14)31(29,30)25-21-12-16(3)15(2)11-20(21)24-22(25)23-17-5-4-6-18(13-17)26(27)28/h4-13,25H,14-15H2,1-3H3;4-13H,1-3H3,(H,23,24). The second-order valence-electron chi connectivity index (χ2n) is 15.2. The van der Waals surface area contributed by atoms with Gasteiger partial charge in [0.15, 0.2) is 0 Å². The number of hydrogen-bond donors (Lipinski definition) is 2. The van der Waals surface area contributed by atoms with Crippen LogP contribution in [0.1, 0.15) is 44.5 Å². The molecule has 324 valence electrons. The Balaban J connectivity index is 0.000000210. The number of fused-ring (bicyclic) bond motifs is 1. The molecule has 0 unspecified atom stereocenters. The van der Waals surface area contributed by atoms with E-state index in [1.807, 2.05) is 47.6 Å². The second kappa shape index (κ2) is 18.4. The van der Waals surface area contributed by atoms with Crippen molar-refractivity contribution in [3.63, 3.8) is 0 Å². The number of ketones is 1. The van der Waals surface area contributed by atoms with Crippen LogP contribution in [0.25, 0.3) is 11.0 Å². The van der Waals surface area contributed by atoms with E-state index >= 15 is 0 Å². The molecule has 1 heterocycles. The zero-order valence-corrected chi connectivity index (χ0v) is 36.9. The van der Waals surface area contributed by atoms with Gasteiger partial charge in [0.25, 0.3) is 31.4 Å². The molecular weight excluding hydrogens is 845 g/mol. The number of nitro groups is 2. The van der Waals surface area contributed by atoms with E-state index in [4.69, 9.17) is 0 Å². The number of hydrogen-bond acceptors (Lipinski definition) is 11. The van der Waals surface area contributed by atoms with Crippen LogP contribution < -0.4 is 10.0 Å². The maximum Gasteiger partial charge on any atom is 0.271 e. The van der Waals surface area contributed by atoms with Crippen molar-refractivity contribution in [3.8, 4) is 0 Å². The number of benzene rings is 6. The number of rotatable bonds is 13. The lowest BCUT2D eigenvalue weighted by Gasteiger charge is -2.15. The molecule has 6 aromatic carbocycles. The Kier molecular flexibility index (Phi) is 13.2. The molecule has 0 spiro atoms. The van der Waals surface area contributed by atoms with E-state index in [-0.39, 0.29) is 45.7 Å². The molecule has 0 aliphatic rings. The number of nitrogens with one attached hydrogen (secondary N) is 2. The van der Waals surface area contributed by atoms with Crippen LogP contribution in [-0.4, -0.2) is 41.4 Å². The van der Waals surface area contributed by atoms with Crippen LogP contribution in [0.3, 0.4) is 0 Å². The molecule has 0 bridgehead atoms. The number of non-ortho nitro benzene ring substituents is 2. The first-order valence-corrected chi connectivity index (χ1v) is 22.4. The fraction of sp³-hybridized carbons (Fsp3) is 0.174. The van der Waals surface area contributed by atoms with Gasteiger partial charge in [-0.1, -0.05) is 59.7 Å². The number of Topliss-reactive ketones (excluding diaryl/α,β-unsaturated/α-hetero) is 1. The molecule has 7 aromatic rings. The molecule has 15 nitrogen and oxygen atoms in total. The molecule has 0 aliphatic carbocycles. The van der Waals surface area contributed by atoms with Crippen LogP contribution in [0.4, 0.5) is 28.7 Å². The fourth-order valence-electron chi connectivity index (χ4n) is 6.60. The van der Waals surface area contributed by atoms with Gasteiger partial charge in [-0.2, -0.15) is 0 Å². The van der Waals surface area contributed by atoms with Crippen molar-refractivity contribution >= 4 is 65.6 Å². The molecule has 0 amide bonds. The summed E-state index contributed by atoms with van der Waals surface area (Å²) in [5.41, 5.74) is 8.16. The Labute approximate surface area is 364 Å². The van der Waals surface area contributed by atoms with Crippen molar-refractivity contribution in [1.29, 1.82) is 0 Å². The summed E-state index contributed by atoms with van der Waals surface area (Å²) in [6.45, 7) is 11.3. The summed E-state index contributed by atoms with van der Waals surface area (Å²) in [5.74, 6) is -0.120. The number of nitrogens with zero attached hydrogens (tertiary/aromatic N) is 4. The maximum atomic E-state index is 13.6. The van der Waals surface area contributed by atoms with Gasteiger partial charge >= 0.3 is 0 Å². The summed E-state index contributed by atoms with van der Waals surface area (Å²) < 4.78 is 56.7. The molecule has 0 saturated heterocycles. The van der Waals surface area contributed by atoms with Crippen molar-refractivity contribution in [2.45, 2.75) is 64.2 Å². The van der Waals surface area contributed by atoms with Crippen LogP contribution >= 0.6 is 0 Å². The van der Waals surface area contributed by atoms with E-state index < -0.39 is 29.9 Å². The average Bonchev–Trinajstić information content (AvgIpc) is 3.57. The number of anilines is 3. The van der Waals surface area contributed by atoms with Crippen molar-refractivity contribution in [2.75, 3.05) is 10.0 Å². The SMILES string of the molecule is Cc1ccc(S(=O)(=O)Nc2cc(C)c(C)cc2CC(=O)Cc2cccc([N+](=O)[O-])c2)cc1.Cc1ccc(S(=O)(=O)n2c(Nc3cccc([N+](=O)[O-])c3)nc3cc(C)c(C)cc32)cc1. The third-order valence-corrected chi connectivity index (χ3v) is 13.4. The van der Waals surface area contributed by atoms with E-state index in [9.17, 15) is 41.9 Å². The molecular formula is C46H44N6O9S2. The van der Waals surface area contributed by atoms with E-state index in [1.165, 1.54) is 48.5 Å². The highest BCUT2D eigenvalue weighted by atomic mass is 32.2. The predicted octanol–water partition coefficient (Wildman–Crippen LogP) is 9.53. The van der Waals surface area contributed by atoms with Crippen molar-refractivity contribution < 1.29 is 31.5 Å². The van der Waals surface area contributed by atoms with Gasteiger partial charge in [-0.25, -0.2) is 25.8 Å². The molecule has 1 aromatic heterocycles. The van der Waals surface area contributed by atoms with E-state index in [1.54, 1.807) is 66.7 Å². The number of aromatic nitrogens is 2. The molecule has 17 heteroatoms. The van der Waals surface area contributed by atoms with Gasteiger partial charge in [-0.05, 0) is 123 Å². The van der Waals surface area contributed by atoms with Gasteiger partial charge in [0.1, 0.15) is 5.78 Å². The minimum atomic E-state index is -3.99. The highest BCUT2D eigenvalue weighted by Crippen LogP contribution is 2.31. The summed E-state index contributed by atoms with van der Waals surface area (Å²) in [5, 5.41) is 25.0. The molecule has 2 N–H and O–H groups in total. The zero-order valence-electron chi connectivity index (χ0n) is 35.2. The molecule has 0 saturated carbocycles. The highest BCUT2D eigenvalue weighted by molar-refractivity contribution is 7.92. The summed E-state index contributed by atoms with van der Waals surface area (Å²) >= 11 is 0. The van der Waals surface area contributed by atoms with Crippen LogP contribution in [-0.2, 0) is 37.7 Å². The minimum Gasteiger partial charge on any atom is -0.324 e. The third-order valence-electron chi connectivity index (χ3n) is 10.3. The number of carbonyl (C=O) groups is 1. The number of carbonyl (C=O) groups excluding carboxylic acids is 1. The number of imidazole rings is 1. The average molecular weight is 889 g/mol. The Bertz CT molecular complexity index is 3130. The number of sulfonamides is 1. The third kappa shape index (κ3) is 10.6. The first kappa shape index (κ1) is 45.3. The monoisotopic (exact) mass is 888 g/mol. The Morgan fingerprint density at radius 1 is 0.635 bits per heavy atom. The predicted molar refractivity (Wildman–Crippen MR) is 243 cm³/mol. The lowest BCUT2D eigenvalue weighted by molar-refractivity contribution is -0.385. The largest absolute Gasteiger partial charge is 0.324 e. The van der Waals surface area contributed by atoms with E-state index in [0.29, 0.717) is 33.5 Å². The molecule has 7 rings (SSSR count). The number of aryl methyl sites for hydroxylation is 6. The fourth-order valence-corrected chi connectivity index (χ4v) is 9.10. The van der Waals surface area contributed by atoms with Crippen LogP contribution in [0.5, 0.6) is 0 Å². The van der Waals surface area contributed by atoms with E-state index in [2.05, 4.69) is 15.0 Å². The Hall–Kier alpha value is -7.24. The van der Waals surface area contributed by atoms with Gasteiger partial charge in [0, 0.05) is 42.8 Å². The second-order valence-corrected chi connectivity index (χ2v) is 18.7. The Morgan fingerprint density at radius 2 is 1.17 bits per heavy atom. The molecule has 0 atom stereocenters. The first-order chi connectivity index (χ1) is 29.7. The van der Waals surface area contributed by atoms with Crippen LogP contribution in [0, 0.1) is 61.8 Å². The van der Waals surface area contributed by atoms with E-state index in [0.717, 1.165) is 37.4 Å². The molecule has 0 fully saturated rings. The lowest BCUT2D eigenvalue weighted by Crippen LogP contribution is -2.16. The quantitative estimate of drug-likeness (QED) is 0.0821. The minimum absolute atomic E-state index is 0.00440. The summed E-state index contributed by atoms with van der Waals surface area (Å²) in [6, 6.07) is 32.0. The zero-order chi connectivity index (χ0) is 45.8.